The molecule has 0 fully saturated rings. The van der Waals surface area contributed by atoms with Crippen LogP contribution in [0.2, 0.25) is 0 Å². The van der Waals surface area contributed by atoms with Gasteiger partial charge in [0.1, 0.15) is 6.61 Å². The number of hydrogen-bond donors (Lipinski definition) is 1. The summed E-state index contributed by atoms with van der Waals surface area (Å²) in [4.78, 5) is 15.8. The molecule has 0 amide bonds. The van der Waals surface area contributed by atoms with Crippen LogP contribution in [0, 0.1) is 0 Å². The van der Waals surface area contributed by atoms with E-state index in [9.17, 15) is 4.79 Å². The first kappa shape index (κ1) is 10.3. The fourth-order valence-corrected chi connectivity index (χ4v) is 1.46. The zero-order valence-electron chi connectivity index (χ0n) is 7.32. The molecule has 0 saturated heterocycles. The lowest BCUT2D eigenvalue weighted by Gasteiger charge is -1.95. The van der Waals surface area contributed by atoms with Gasteiger partial charge < -0.3 is 9.84 Å². The third-order valence-electron chi connectivity index (χ3n) is 1.39. The molecule has 0 aliphatic rings. The minimum absolute atomic E-state index is 0.0644. The summed E-state index contributed by atoms with van der Waals surface area (Å²) in [5.74, 6) is -0.133. The van der Waals surface area contributed by atoms with Crippen LogP contribution in [0.4, 0.5) is 0 Å². The molecule has 1 aromatic heterocycles. The molecule has 1 N–H and O–H groups in total. The van der Waals surface area contributed by atoms with E-state index in [1.165, 1.54) is 17.5 Å². The molecule has 0 atom stereocenters. The maximum atomic E-state index is 11.3. The molecule has 1 heterocycles. The zero-order valence-corrected chi connectivity index (χ0v) is 8.13. The summed E-state index contributed by atoms with van der Waals surface area (Å²) in [7, 11) is 0. The number of ketones is 1. The lowest BCUT2D eigenvalue weighted by Crippen LogP contribution is -2.08. The zero-order chi connectivity index (χ0) is 9.68. The molecule has 1 aromatic rings. The molecule has 0 radical (unpaired) electrons. The second-order valence-corrected chi connectivity index (χ2v) is 3.47. The summed E-state index contributed by atoms with van der Waals surface area (Å²) in [6.45, 7) is 2.34. The number of thiazole rings is 1. The Balaban J connectivity index is 2.55. The molecule has 0 saturated carbocycles. The largest absolute Gasteiger partial charge is 0.391 e. The van der Waals surface area contributed by atoms with Gasteiger partial charge in [0.05, 0.1) is 11.5 Å². The number of hydrogen-bond acceptors (Lipinski definition) is 5. The van der Waals surface area contributed by atoms with Gasteiger partial charge in [-0.3, -0.25) is 4.79 Å². The summed E-state index contributed by atoms with van der Waals surface area (Å²) < 4.78 is 4.95. The molecular weight excluding hydrogens is 190 g/mol. The maximum absolute atomic E-state index is 11.3. The van der Waals surface area contributed by atoms with Crippen molar-refractivity contribution >= 4 is 17.1 Å². The fraction of sp³-hybridized carbons (Fsp3) is 0.500. The van der Waals surface area contributed by atoms with Crippen LogP contribution in [-0.2, 0) is 11.3 Å². The van der Waals surface area contributed by atoms with E-state index < -0.39 is 0 Å². The number of aliphatic hydroxyl groups is 1. The molecule has 0 spiro atoms. The Hall–Kier alpha value is -0.780. The van der Waals surface area contributed by atoms with Gasteiger partial charge in [0.2, 0.25) is 5.78 Å². The summed E-state index contributed by atoms with van der Waals surface area (Å²) in [6.07, 6.45) is 1.50. The van der Waals surface area contributed by atoms with Gasteiger partial charge in [-0.1, -0.05) is 0 Å². The highest BCUT2D eigenvalue weighted by molar-refractivity contribution is 7.13. The van der Waals surface area contributed by atoms with Crippen LogP contribution in [0.5, 0.6) is 0 Å². The van der Waals surface area contributed by atoms with Crippen LogP contribution in [-0.4, -0.2) is 29.1 Å². The van der Waals surface area contributed by atoms with Crippen LogP contribution in [0.1, 0.15) is 21.6 Å². The van der Waals surface area contributed by atoms with Crippen molar-refractivity contribution in [2.75, 3.05) is 13.2 Å². The van der Waals surface area contributed by atoms with Crippen LogP contribution in [0.25, 0.3) is 0 Å². The number of aliphatic hydroxyl groups excluding tert-OH is 1. The fourth-order valence-electron chi connectivity index (χ4n) is 0.766. The van der Waals surface area contributed by atoms with Crippen molar-refractivity contribution in [3.8, 4) is 0 Å². The van der Waals surface area contributed by atoms with Crippen LogP contribution >= 0.6 is 11.3 Å². The number of Topliss-reactive ketones (excluding diaryl/α,β-unsaturated/α-hetero) is 1. The Morgan fingerprint density at radius 1 is 1.77 bits per heavy atom. The lowest BCUT2D eigenvalue weighted by atomic mass is 10.4. The Kier molecular flexibility index (Phi) is 4.01. The van der Waals surface area contributed by atoms with Crippen molar-refractivity contribution < 1.29 is 14.6 Å². The van der Waals surface area contributed by atoms with Gasteiger partial charge in [-0.2, -0.15) is 0 Å². The van der Waals surface area contributed by atoms with Crippen molar-refractivity contribution in [3.63, 3.8) is 0 Å². The smallest absolute Gasteiger partial charge is 0.216 e. The van der Waals surface area contributed by atoms with E-state index >= 15 is 0 Å². The van der Waals surface area contributed by atoms with Gasteiger partial charge in [0.25, 0.3) is 0 Å². The minimum Gasteiger partial charge on any atom is -0.391 e. The molecule has 4 nitrogen and oxygen atoms in total. The number of carbonyl (C=O) groups excluding carboxylic acids is 1. The van der Waals surface area contributed by atoms with Crippen LogP contribution < -0.4 is 0 Å². The van der Waals surface area contributed by atoms with E-state index in [4.69, 9.17) is 9.84 Å². The van der Waals surface area contributed by atoms with Crippen molar-refractivity contribution in [2.24, 2.45) is 0 Å². The third kappa shape index (κ3) is 2.87. The van der Waals surface area contributed by atoms with Crippen LogP contribution in [0.3, 0.4) is 0 Å². The highest BCUT2D eigenvalue weighted by Crippen LogP contribution is 2.13. The molecule has 0 aliphatic heterocycles. The van der Waals surface area contributed by atoms with E-state index in [1.807, 2.05) is 6.92 Å². The molecule has 13 heavy (non-hydrogen) atoms. The molecule has 1 rings (SSSR count). The van der Waals surface area contributed by atoms with Gasteiger partial charge in [-0.25, -0.2) is 4.98 Å². The Morgan fingerprint density at radius 3 is 3.08 bits per heavy atom. The minimum atomic E-state index is -0.133. The number of rotatable bonds is 5. The average molecular weight is 201 g/mol. The third-order valence-corrected chi connectivity index (χ3v) is 2.41. The molecule has 0 aromatic carbocycles. The molecule has 0 bridgehead atoms. The maximum Gasteiger partial charge on any atom is 0.216 e. The van der Waals surface area contributed by atoms with Crippen molar-refractivity contribution in [3.05, 3.63) is 16.1 Å². The quantitative estimate of drug-likeness (QED) is 0.718. The van der Waals surface area contributed by atoms with E-state index in [2.05, 4.69) is 4.98 Å². The summed E-state index contributed by atoms with van der Waals surface area (Å²) in [6, 6.07) is 0. The van der Waals surface area contributed by atoms with Crippen molar-refractivity contribution in [1.82, 2.24) is 4.98 Å². The topological polar surface area (TPSA) is 59.4 Å². The monoisotopic (exact) mass is 201 g/mol. The van der Waals surface area contributed by atoms with Crippen molar-refractivity contribution in [1.29, 1.82) is 0 Å². The summed E-state index contributed by atoms with van der Waals surface area (Å²) >= 11 is 1.20. The predicted molar refractivity (Wildman–Crippen MR) is 48.9 cm³/mol. The normalized spacial score (nSPS) is 10.3. The molecule has 0 unspecified atom stereocenters. The van der Waals surface area contributed by atoms with E-state index in [0.717, 1.165) is 0 Å². The standard InChI is InChI=1S/C8H11NO3S/c1-2-12-5-7(11)8-9-3-6(4-10)13-8/h3,10H,2,4-5H2,1H3. The number of nitrogens with zero attached hydrogens (tertiary/aromatic N) is 1. The lowest BCUT2D eigenvalue weighted by molar-refractivity contribution is 0.0783. The Labute approximate surface area is 80.2 Å². The number of aromatic nitrogens is 1. The molecular formula is C8H11NO3S. The van der Waals surface area contributed by atoms with Crippen molar-refractivity contribution in [2.45, 2.75) is 13.5 Å². The highest BCUT2D eigenvalue weighted by atomic mass is 32.1. The second-order valence-electron chi connectivity index (χ2n) is 2.35. The van der Waals surface area contributed by atoms with E-state index in [0.29, 0.717) is 16.5 Å². The number of ether oxygens (including phenoxy) is 1. The first-order chi connectivity index (χ1) is 6.27. The second kappa shape index (κ2) is 5.06. The Morgan fingerprint density at radius 2 is 2.54 bits per heavy atom. The van der Waals surface area contributed by atoms with E-state index in [-0.39, 0.29) is 19.0 Å². The summed E-state index contributed by atoms with van der Waals surface area (Å²) in [5.41, 5.74) is 0. The molecule has 72 valence electrons. The highest BCUT2D eigenvalue weighted by Gasteiger charge is 2.10. The van der Waals surface area contributed by atoms with Crippen LogP contribution in [0.15, 0.2) is 6.20 Å². The van der Waals surface area contributed by atoms with E-state index in [1.54, 1.807) is 0 Å². The Bertz CT molecular complexity index is 285. The molecule has 5 heteroatoms. The molecule has 0 aliphatic carbocycles. The number of carbonyl (C=O) groups is 1. The first-order valence-electron chi connectivity index (χ1n) is 3.94. The average Bonchev–Trinajstić information content (AvgIpc) is 2.62. The van der Waals surface area contributed by atoms with Gasteiger partial charge in [0, 0.05) is 12.8 Å². The van der Waals surface area contributed by atoms with Gasteiger partial charge >= 0.3 is 0 Å². The van der Waals surface area contributed by atoms with Gasteiger partial charge in [-0.15, -0.1) is 11.3 Å². The van der Waals surface area contributed by atoms with Gasteiger partial charge in [-0.05, 0) is 6.92 Å². The summed E-state index contributed by atoms with van der Waals surface area (Å²) in [5, 5.41) is 9.14. The predicted octanol–water partition coefficient (Wildman–Crippen LogP) is 0.855. The first-order valence-corrected chi connectivity index (χ1v) is 4.76. The SMILES string of the molecule is CCOCC(=O)c1ncc(CO)s1. The van der Waals surface area contributed by atoms with Gasteiger partial charge in [0.15, 0.2) is 5.01 Å².